The number of hydrogen-bond acceptors (Lipinski definition) is 6. The molecule has 29 heavy (non-hydrogen) atoms. The molecule has 2 atom stereocenters. The van der Waals surface area contributed by atoms with Crippen LogP contribution in [0.1, 0.15) is 33.6 Å². The van der Waals surface area contributed by atoms with Crippen LogP contribution in [-0.2, 0) is 11.2 Å². The van der Waals surface area contributed by atoms with E-state index in [9.17, 15) is 14.7 Å². The molecule has 1 aliphatic heterocycles. The maximum Gasteiger partial charge on any atom is 0.347 e. The Morgan fingerprint density at radius 2 is 2.31 bits per heavy atom. The smallest absolute Gasteiger partial charge is 0.347 e. The number of nitrogens with zero attached hydrogens (tertiary/aromatic N) is 2. The molecule has 1 unspecified atom stereocenters. The third-order valence-electron chi connectivity index (χ3n) is 4.71. The van der Waals surface area contributed by atoms with Crippen molar-refractivity contribution in [3.63, 3.8) is 0 Å². The number of carboxylic acids is 1. The van der Waals surface area contributed by atoms with E-state index in [0.29, 0.717) is 29.5 Å². The summed E-state index contributed by atoms with van der Waals surface area (Å²) in [4.78, 5) is 29.3. The lowest BCUT2D eigenvalue weighted by atomic mass is 10.0. The van der Waals surface area contributed by atoms with Crippen LogP contribution in [-0.4, -0.2) is 56.4 Å². The van der Waals surface area contributed by atoms with Crippen LogP contribution >= 0.6 is 23.1 Å². The number of carbonyl (C=O) groups is 2. The first-order valence-corrected chi connectivity index (χ1v) is 11.3. The molecular weight excluding hydrogens is 408 g/mol. The summed E-state index contributed by atoms with van der Waals surface area (Å²) in [6, 6.07) is 8.06. The number of aryl methyl sites for hydroxylation is 1. The number of aromatic carboxylic acids is 1. The van der Waals surface area contributed by atoms with E-state index in [4.69, 9.17) is 5.11 Å². The zero-order valence-corrected chi connectivity index (χ0v) is 17.8. The lowest BCUT2D eigenvalue weighted by Gasteiger charge is -2.22. The summed E-state index contributed by atoms with van der Waals surface area (Å²) in [6.45, 7) is 2.59. The van der Waals surface area contributed by atoms with Crippen LogP contribution in [0.5, 0.6) is 0 Å². The van der Waals surface area contributed by atoms with Gasteiger partial charge >= 0.3 is 5.97 Å². The number of carbonyl (C=O) groups excluding carboxylic acids is 1. The van der Waals surface area contributed by atoms with Crippen LogP contribution in [0.15, 0.2) is 47.0 Å². The van der Waals surface area contributed by atoms with E-state index in [1.165, 1.54) is 23.5 Å². The highest BCUT2D eigenvalue weighted by Crippen LogP contribution is 2.26. The van der Waals surface area contributed by atoms with Gasteiger partial charge in [0.15, 0.2) is 4.34 Å². The van der Waals surface area contributed by atoms with Crippen LogP contribution in [0.25, 0.3) is 0 Å². The number of thioether (sulfide) groups is 1. The summed E-state index contributed by atoms with van der Waals surface area (Å²) in [5.41, 5.74) is 2.25. The molecule has 0 saturated carbocycles. The second kappa shape index (κ2) is 10.0. The topological polar surface area (TPSA) is 90.7 Å². The van der Waals surface area contributed by atoms with Crippen molar-refractivity contribution in [3.05, 3.63) is 58.6 Å². The average molecular weight is 433 g/mol. The average Bonchev–Trinajstić information content (AvgIpc) is 3.28. The largest absolute Gasteiger partial charge is 0.477 e. The van der Waals surface area contributed by atoms with E-state index in [1.54, 1.807) is 6.08 Å². The first-order chi connectivity index (χ1) is 13.9. The molecule has 0 aliphatic carbocycles. The van der Waals surface area contributed by atoms with Crippen molar-refractivity contribution in [3.8, 4) is 0 Å². The molecule has 1 aromatic heterocycles. The van der Waals surface area contributed by atoms with Crippen molar-refractivity contribution in [2.24, 2.45) is 0 Å². The molecule has 1 amide bonds. The zero-order valence-electron chi connectivity index (χ0n) is 16.2. The van der Waals surface area contributed by atoms with E-state index in [-0.39, 0.29) is 16.8 Å². The number of hydrogen-bond donors (Lipinski definition) is 2. The lowest BCUT2D eigenvalue weighted by Crippen LogP contribution is -2.33. The Bertz CT molecular complexity index is 896. The summed E-state index contributed by atoms with van der Waals surface area (Å²) in [6.07, 6.45) is 6.29. The maximum atomic E-state index is 12.2. The van der Waals surface area contributed by atoms with Gasteiger partial charge in [-0.2, -0.15) is 0 Å². The molecule has 2 heterocycles. The minimum Gasteiger partial charge on any atom is -0.477 e. The predicted octanol–water partition coefficient (Wildman–Crippen LogP) is 3.39. The second-order valence-electron chi connectivity index (χ2n) is 6.98. The van der Waals surface area contributed by atoms with Crippen molar-refractivity contribution in [2.75, 3.05) is 12.3 Å². The number of benzene rings is 1. The van der Waals surface area contributed by atoms with Crippen LogP contribution < -0.4 is 0 Å². The number of thiazole rings is 1. The Balaban J connectivity index is 1.51. The summed E-state index contributed by atoms with van der Waals surface area (Å²) in [5.74, 6) is -0.216. The highest BCUT2D eigenvalue weighted by Gasteiger charge is 2.28. The lowest BCUT2D eigenvalue weighted by molar-refractivity contribution is -0.128. The van der Waals surface area contributed by atoms with Crippen molar-refractivity contribution in [1.29, 1.82) is 0 Å². The van der Waals surface area contributed by atoms with Crippen molar-refractivity contribution in [1.82, 2.24) is 9.88 Å². The monoisotopic (exact) mass is 432 g/mol. The number of carboxylic acid groups (broad SMARTS) is 1. The van der Waals surface area contributed by atoms with Crippen molar-refractivity contribution >= 4 is 35.0 Å². The van der Waals surface area contributed by atoms with E-state index < -0.39 is 12.1 Å². The standard InChI is InChI=1S/C21H24N2O4S2/c1-14-3-2-4-15(11-14)12-17(24)7-5-16-6-8-19(25)23(16)9-10-28-21-22-13-18(29-21)20(26)27/h2-5,7,11,13,16-17,24H,6,8-10,12H2,1H3,(H,26,27)/b7-5+/t16?,17-/m1/s1. The fourth-order valence-electron chi connectivity index (χ4n) is 3.31. The van der Waals surface area contributed by atoms with Crippen LogP contribution in [0.2, 0.25) is 0 Å². The molecule has 1 aromatic carbocycles. The number of aliphatic hydroxyl groups is 1. The quantitative estimate of drug-likeness (QED) is 0.466. The SMILES string of the molecule is Cc1cccc(C[C@H](O)/C=C/C2CCC(=O)N2CCSc2ncc(C(=O)O)s2)c1. The number of amides is 1. The van der Waals surface area contributed by atoms with Crippen molar-refractivity contribution in [2.45, 2.75) is 42.7 Å². The summed E-state index contributed by atoms with van der Waals surface area (Å²) in [7, 11) is 0. The number of likely N-dealkylation sites (tertiary alicyclic amines) is 1. The Kier molecular flexibility index (Phi) is 7.46. The first kappa shape index (κ1) is 21.5. The molecule has 0 bridgehead atoms. The number of aromatic nitrogens is 1. The van der Waals surface area contributed by atoms with Gasteiger partial charge in [0, 0.05) is 25.1 Å². The van der Waals surface area contributed by atoms with Gasteiger partial charge in [-0.1, -0.05) is 53.7 Å². The molecule has 6 nitrogen and oxygen atoms in total. The van der Waals surface area contributed by atoms with Crippen LogP contribution in [0.3, 0.4) is 0 Å². The summed E-state index contributed by atoms with van der Waals surface area (Å²) in [5, 5.41) is 19.3. The Morgan fingerprint density at radius 3 is 3.03 bits per heavy atom. The van der Waals surface area contributed by atoms with E-state index in [1.807, 2.05) is 36.1 Å². The van der Waals surface area contributed by atoms with Crippen LogP contribution in [0.4, 0.5) is 0 Å². The molecular formula is C21H24N2O4S2. The molecule has 0 spiro atoms. The highest BCUT2D eigenvalue weighted by atomic mass is 32.2. The first-order valence-electron chi connectivity index (χ1n) is 9.45. The van der Waals surface area contributed by atoms with E-state index in [0.717, 1.165) is 23.3 Å². The fraction of sp³-hybridized carbons (Fsp3) is 0.381. The molecule has 1 fully saturated rings. The highest BCUT2D eigenvalue weighted by molar-refractivity contribution is 8.01. The minimum absolute atomic E-state index is 0.0128. The predicted molar refractivity (Wildman–Crippen MR) is 115 cm³/mol. The molecule has 8 heteroatoms. The third kappa shape index (κ3) is 6.16. The maximum absolute atomic E-state index is 12.2. The van der Waals surface area contributed by atoms with Gasteiger partial charge in [0.05, 0.1) is 18.3 Å². The normalized spacial score (nSPS) is 17.9. The molecule has 2 N–H and O–H groups in total. The van der Waals surface area contributed by atoms with Gasteiger partial charge in [-0.25, -0.2) is 9.78 Å². The molecule has 3 rings (SSSR count). The van der Waals surface area contributed by atoms with Gasteiger partial charge in [-0.05, 0) is 18.9 Å². The van der Waals surface area contributed by atoms with Gasteiger partial charge < -0.3 is 15.1 Å². The molecule has 1 aliphatic rings. The number of rotatable bonds is 9. The number of aliphatic hydroxyl groups excluding tert-OH is 1. The molecule has 0 radical (unpaired) electrons. The Hall–Kier alpha value is -2.16. The summed E-state index contributed by atoms with van der Waals surface area (Å²) < 4.78 is 0.690. The van der Waals surface area contributed by atoms with Crippen LogP contribution in [0, 0.1) is 6.92 Å². The fourth-order valence-corrected chi connectivity index (χ4v) is 5.14. The van der Waals surface area contributed by atoms with E-state index >= 15 is 0 Å². The second-order valence-corrected chi connectivity index (χ2v) is 9.36. The summed E-state index contributed by atoms with van der Waals surface area (Å²) >= 11 is 2.60. The molecule has 1 saturated heterocycles. The van der Waals surface area contributed by atoms with Gasteiger partial charge in [0.2, 0.25) is 5.91 Å². The van der Waals surface area contributed by atoms with Crippen molar-refractivity contribution < 1.29 is 19.8 Å². The minimum atomic E-state index is -0.974. The third-order valence-corrected chi connectivity index (χ3v) is 6.83. The van der Waals surface area contributed by atoms with Gasteiger partial charge in [0.25, 0.3) is 0 Å². The Morgan fingerprint density at radius 1 is 1.48 bits per heavy atom. The zero-order chi connectivity index (χ0) is 20.8. The Labute approximate surface area is 178 Å². The molecule has 2 aromatic rings. The molecule has 154 valence electrons. The van der Waals surface area contributed by atoms with Gasteiger partial charge in [0.1, 0.15) is 4.88 Å². The van der Waals surface area contributed by atoms with Gasteiger partial charge in [-0.3, -0.25) is 4.79 Å². The van der Waals surface area contributed by atoms with Gasteiger partial charge in [-0.15, -0.1) is 11.3 Å². The van der Waals surface area contributed by atoms with E-state index in [2.05, 4.69) is 11.1 Å².